The van der Waals surface area contributed by atoms with Crippen LogP contribution in [0, 0.1) is 5.41 Å². The molecule has 0 aliphatic carbocycles. The third-order valence-electron chi connectivity index (χ3n) is 6.36. The summed E-state index contributed by atoms with van der Waals surface area (Å²) in [5.74, 6) is -1.07. The molecule has 4 rings (SSSR count). The number of aryl methyl sites for hydroxylation is 1. The van der Waals surface area contributed by atoms with Gasteiger partial charge in [-0.3, -0.25) is 19.0 Å². The lowest BCUT2D eigenvalue weighted by Gasteiger charge is -2.28. The molecule has 2 aromatic carbocycles. The number of carbonyl (C=O) groups excluding carboxylic acids is 2. The van der Waals surface area contributed by atoms with E-state index >= 15 is 0 Å². The van der Waals surface area contributed by atoms with Crippen LogP contribution in [0.5, 0.6) is 5.75 Å². The number of pyridine rings is 1. The Hall–Kier alpha value is -3.91. The number of rotatable bonds is 8. The molecule has 2 aromatic heterocycles. The van der Waals surface area contributed by atoms with E-state index < -0.39 is 11.5 Å². The lowest BCUT2D eigenvalue weighted by Crippen LogP contribution is -2.40. The third-order valence-corrected chi connectivity index (χ3v) is 6.36. The zero-order valence-corrected chi connectivity index (χ0v) is 21.3. The SMILES string of the molecule is CN(C)CC(C)(C)CNC(=O)c1c(O)c2c(=O)n(CC(=O)c3ccccc3)c3ccccc3c2n1C. The van der Waals surface area contributed by atoms with Crippen LogP contribution in [-0.2, 0) is 13.6 Å². The number of para-hydroxylation sites is 1. The molecule has 0 bridgehead atoms. The van der Waals surface area contributed by atoms with Crippen molar-refractivity contribution in [1.82, 2.24) is 19.4 Å². The maximum Gasteiger partial charge on any atom is 0.271 e. The summed E-state index contributed by atoms with van der Waals surface area (Å²) < 4.78 is 2.93. The summed E-state index contributed by atoms with van der Waals surface area (Å²) in [7, 11) is 5.60. The first-order chi connectivity index (χ1) is 17.0. The minimum absolute atomic E-state index is 0.0139. The monoisotopic (exact) mass is 488 g/mol. The van der Waals surface area contributed by atoms with Crippen LogP contribution in [0.25, 0.3) is 21.8 Å². The van der Waals surface area contributed by atoms with Crippen molar-refractivity contribution in [2.75, 3.05) is 27.2 Å². The Bertz CT molecular complexity index is 1510. The van der Waals surface area contributed by atoms with Crippen molar-refractivity contribution in [3.05, 3.63) is 76.2 Å². The minimum atomic E-state index is -0.520. The fourth-order valence-electron chi connectivity index (χ4n) is 4.93. The van der Waals surface area contributed by atoms with Gasteiger partial charge in [0.1, 0.15) is 11.1 Å². The van der Waals surface area contributed by atoms with Gasteiger partial charge in [-0.25, -0.2) is 0 Å². The quantitative estimate of drug-likeness (QED) is 0.371. The number of fused-ring (bicyclic) bond motifs is 3. The first-order valence-corrected chi connectivity index (χ1v) is 11.9. The number of hydrogen-bond donors (Lipinski definition) is 2. The molecule has 0 spiro atoms. The van der Waals surface area contributed by atoms with Crippen LogP contribution in [0.15, 0.2) is 59.4 Å². The van der Waals surface area contributed by atoms with Crippen LogP contribution in [0.1, 0.15) is 34.7 Å². The number of ketones is 1. The van der Waals surface area contributed by atoms with Crippen LogP contribution in [0.4, 0.5) is 0 Å². The molecule has 188 valence electrons. The van der Waals surface area contributed by atoms with Crippen molar-refractivity contribution in [2.24, 2.45) is 12.5 Å². The normalized spacial score (nSPS) is 11.9. The van der Waals surface area contributed by atoms with Crippen molar-refractivity contribution >= 4 is 33.5 Å². The molecular formula is C28H32N4O4. The Morgan fingerprint density at radius 3 is 2.33 bits per heavy atom. The van der Waals surface area contributed by atoms with Crippen molar-refractivity contribution < 1.29 is 14.7 Å². The smallest absolute Gasteiger partial charge is 0.271 e. The van der Waals surface area contributed by atoms with Gasteiger partial charge < -0.3 is 19.9 Å². The van der Waals surface area contributed by atoms with Crippen LogP contribution in [0.3, 0.4) is 0 Å². The lowest BCUT2D eigenvalue weighted by molar-refractivity contribution is 0.0917. The van der Waals surface area contributed by atoms with Gasteiger partial charge in [-0.15, -0.1) is 0 Å². The van der Waals surface area contributed by atoms with Crippen LogP contribution >= 0.6 is 0 Å². The van der Waals surface area contributed by atoms with Gasteiger partial charge in [-0.05, 0) is 25.6 Å². The van der Waals surface area contributed by atoms with Gasteiger partial charge >= 0.3 is 0 Å². The summed E-state index contributed by atoms with van der Waals surface area (Å²) in [6, 6.07) is 16.0. The lowest BCUT2D eigenvalue weighted by atomic mass is 9.93. The number of aromatic hydroxyl groups is 1. The summed E-state index contributed by atoms with van der Waals surface area (Å²) in [6.45, 7) is 5.06. The van der Waals surface area contributed by atoms with Crippen molar-refractivity contribution in [3.63, 3.8) is 0 Å². The molecule has 2 N–H and O–H groups in total. The molecule has 0 atom stereocenters. The highest BCUT2D eigenvalue weighted by molar-refractivity contribution is 6.12. The molecule has 0 saturated heterocycles. The molecule has 1 amide bonds. The summed E-state index contributed by atoms with van der Waals surface area (Å²) >= 11 is 0. The van der Waals surface area contributed by atoms with Gasteiger partial charge in [-0.2, -0.15) is 0 Å². The Kier molecular flexibility index (Phi) is 6.73. The van der Waals surface area contributed by atoms with Gasteiger partial charge in [-0.1, -0.05) is 62.4 Å². The zero-order valence-electron chi connectivity index (χ0n) is 21.3. The Labute approximate surface area is 209 Å². The molecule has 36 heavy (non-hydrogen) atoms. The molecule has 2 heterocycles. The van der Waals surface area contributed by atoms with Crippen molar-refractivity contribution in [3.8, 4) is 5.75 Å². The first-order valence-electron chi connectivity index (χ1n) is 11.9. The highest BCUT2D eigenvalue weighted by Crippen LogP contribution is 2.34. The van der Waals surface area contributed by atoms with E-state index in [9.17, 15) is 19.5 Å². The molecule has 0 aliphatic heterocycles. The standard InChI is InChI=1S/C28H32N4O4/c1-28(2,17-30(3)4)16-29-26(35)24-25(34)22-23(31(24)5)19-13-9-10-14-20(19)32(27(22)36)15-21(33)18-11-7-6-8-12-18/h6-14,34H,15-17H2,1-5H3,(H,29,35). The second kappa shape index (κ2) is 9.62. The fraction of sp³-hybridized carbons (Fsp3) is 0.321. The maximum atomic E-state index is 13.7. The second-order valence-corrected chi connectivity index (χ2v) is 10.3. The van der Waals surface area contributed by atoms with Gasteiger partial charge in [0, 0.05) is 31.1 Å². The second-order valence-electron chi connectivity index (χ2n) is 10.3. The molecule has 0 saturated carbocycles. The number of hydrogen-bond acceptors (Lipinski definition) is 5. The van der Waals surface area contributed by atoms with Crippen LogP contribution in [-0.4, -0.2) is 58.0 Å². The molecule has 4 aromatic rings. The molecule has 8 nitrogen and oxygen atoms in total. The van der Waals surface area contributed by atoms with Crippen LogP contribution in [0.2, 0.25) is 0 Å². The number of nitrogens with zero attached hydrogens (tertiary/aromatic N) is 3. The Balaban J connectivity index is 1.82. The first kappa shape index (κ1) is 25.2. The number of Topliss-reactive ketones (excluding diaryl/α,β-unsaturated/α-hetero) is 1. The zero-order chi connectivity index (χ0) is 26.2. The van der Waals surface area contributed by atoms with E-state index in [1.165, 1.54) is 4.57 Å². The van der Waals surface area contributed by atoms with E-state index in [1.54, 1.807) is 48.0 Å². The van der Waals surface area contributed by atoms with E-state index in [-0.39, 0.29) is 34.6 Å². The predicted octanol–water partition coefficient (Wildman–Crippen LogP) is 3.40. The topological polar surface area (TPSA) is 96.6 Å². The molecule has 0 aliphatic rings. The average Bonchev–Trinajstić information content (AvgIpc) is 3.10. The predicted molar refractivity (Wildman–Crippen MR) is 142 cm³/mol. The van der Waals surface area contributed by atoms with Gasteiger partial charge in [0.25, 0.3) is 11.5 Å². The van der Waals surface area contributed by atoms with E-state index in [0.717, 1.165) is 6.54 Å². The molecule has 0 radical (unpaired) electrons. The fourth-order valence-corrected chi connectivity index (χ4v) is 4.93. The van der Waals surface area contributed by atoms with Crippen molar-refractivity contribution in [1.29, 1.82) is 0 Å². The summed E-state index contributed by atoms with van der Waals surface area (Å²) in [5, 5.41) is 14.7. The maximum absolute atomic E-state index is 13.7. The molecular weight excluding hydrogens is 456 g/mol. The third kappa shape index (κ3) is 4.64. The largest absolute Gasteiger partial charge is 0.505 e. The van der Waals surface area contributed by atoms with Gasteiger partial charge in [0.2, 0.25) is 0 Å². The number of benzene rings is 2. The summed E-state index contributed by atoms with van der Waals surface area (Å²) in [4.78, 5) is 41.9. The van der Waals surface area contributed by atoms with Crippen LogP contribution < -0.4 is 10.9 Å². The average molecular weight is 489 g/mol. The van der Waals surface area contributed by atoms with E-state index in [2.05, 4.69) is 5.32 Å². The minimum Gasteiger partial charge on any atom is -0.505 e. The number of aromatic nitrogens is 2. The van der Waals surface area contributed by atoms with Gasteiger partial charge in [0.05, 0.1) is 17.6 Å². The Morgan fingerprint density at radius 1 is 1.03 bits per heavy atom. The number of nitrogens with one attached hydrogen (secondary N) is 1. The van der Waals surface area contributed by atoms with Gasteiger partial charge in [0.15, 0.2) is 11.5 Å². The number of carbonyl (C=O) groups is 2. The molecule has 0 fully saturated rings. The number of amides is 1. The van der Waals surface area contributed by atoms with E-state index in [0.29, 0.717) is 28.5 Å². The van der Waals surface area contributed by atoms with Crippen molar-refractivity contribution in [2.45, 2.75) is 20.4 Å². The van der Waals surface area contributed by atoms with E-state index in [4.69, 9.17) is 0 Å². The Morgan fingerprint density at radius 2 is 1.67 bits per heavy atom. The highest BCUT2D eigenvalue weighted by atomic mass is 16.3. The highest BCUT2D eigenvalue weighted by Gasteiger charge is 2.28. The van der Waals surface area contributed by atoms with E-state index in [1.807, 2.05) is 51.0 Å². The molecule has 8 heteroatoms. The summed E-state index contributed by atoms with van der Waals surface area (Å²) in [6.07, 6.45) is 0. The molecule has 0 unspecified atom stereocenters. The summed E-state index contributed by atoms with van der Waals surface area (Å²) in [5.41, 5.74) is 0.795.